The van der Waals surface area contributed by atoms with Gasteiger partial charge in [-0.15, -0.1) is 11.3 Å². The molecule has 3 rings (SSSR count). The summed E-state index contributed by atoms with van der Waals surface area (Å²) in [6.07, 6.45) is -5.27. The van der Waals surface area contributed by atoms with Crippen LogP contribution in [0.25, 0.3) is 11.3 Å². The lowest BCUT2D eigenvalue weighted by atomic mass is 10.1. The van der Waals surface area contributed by atoms with Crippen molar-refractivity contribution < 1.29 is 31.9 Å². The van der Waals surface area contributed by atoms with Crippen molar-refractivity contribution in [2.45, 2.75) is 12.6 Å². The molecule has 1 saturated heterocycles. The molecule has 34 heavy (non-hydrogen) atoms. The number of likely N-dealkylation sites (N-methyl/N-ethyl adjacent to an activating group) is 2. The predicted molar refractivity (Wildman–Crippen MR) is 115 cm³/mol. The average molecular weight is 498 g/mol. The first-order valence-electron chi connectivity index (χ1n) is 9.53. The van der Waals surface area contributed by atoms with Gasteiger partial charge in [0.05, 0.1) is 17.7 Å². The van der Waals surface area contributed by atoms with Crippen LogP contribution >= 0.6 is 11.3 Å². The summed E-state index contributed by atoms with van der Waals surface area (Å²) in [5.74, 6) is -3.29. The van der Waals surface area contributed by atoms with E-state index >= 15 is 0 Å². The van der Waals surface area contributed by atoms with E-state index in [-0.39, 0.29) is 33.5 Å². The first-order valence-corrected chi connectivity index (χ1v) is 10.4. The van der Waals surface area contributed by atoms with Crippen LogP contribution in [0.2, 0.25) is 0 Å². The lowest BCUT2D eigenvalue weighted by Crippen LogP contribution is -2.53. The number of anilines is 1. The summed E-state index contributed by atoms with van der Waals surface area (Å²) in [6.45, 7) is 0. The number of hydrogen-bond acceptors (Lipinski definition) is 7. The Kier molecular flexibility index (Phi) is 6.72. The molecular weight excluding hydrogens is 480 g/mol. The van der Waals surface area contributed by atoms with Crippen molar-refractivity contribution >= 4 is 40.1 Å². The van der Waals surface area contributed by atoms with Gasteiger partial charge in [0.15, 0.2) is 5.13 Å². The van der Waals surface area contributed by atoms with Gasteiger partial charge in [-0.25, -0.2) is 14.2 Å². The van der Waals surface area contributed by atoms with Crippen LogP contribution in [0.5, 0.6) is 0 Å². The third-order valence-electron chi connectivity index (χ3n) is 4.94. The SMILES string of the molecule is CN/C(CC(=O)Nc1nc(-c2cccc(C(F)(F)F)c2F)cs1)=C1\C(=N)N(C)C(=O)N(C)C1=O. The number of carbonyl (C=O) groups excluding carboxylic acids is 3. The van der Waals surface area contributed by atoms with E-state index in [0.717, 1.165) is 33.3 Å². The highest BCUT2D eigenvalue weighted by Gasteiger charge is 2.38. The number of aromatic nitrogens is 1. The molecule has 1 aliphatic heterocycles. The van der Waals surface area contributed by atoms with Gasteiger partial charge in [-0.3, -0.25) is 24.8 Å². The van der Waals surface area contributed by atoms with Crippen LogP contribution in [0.1, 0.15) is 12.0 Å². The zero-order valence-electron chi connectivity index (χ0n) is 18.0. The molecule has 1 aliphatic rings. The van der Waals surface area contributed by atoms with E-state index in [1.54, 1.807) is 0 Å². The number of rotatable bonds is 5. The second-order valence-corrected chi connectivity index (χ2v) is 7.94. The van der Waals surface area contributed by atoms with Gasteiger partial charge < -0.3 is 10.6 Å². The minimum atomic E-state index is -4.87. The number of benzene rings is 1. The second-order valence-electron chi connectivity index (χ2n) is 7.09. The largest absolute Gasteiger partial charge is 0.419 e. The van der Waals surface area contributed by atoms with Crippen molar-refractivity contribution in [3.05, 3.63) is 46.2 Å². The van der Waals surface area contributed by atoms with E-state index in [2.05, 4.69) is 15.6 Å². The van der Waals surface area contributed by atoms with E-state index in [0.29, 0.717) is 6.07 Å². The molecule has 180 valence electrons. The number of amidine groups is 1. The van der Waals surface area contributed by atoms with Crippen molar-refractivity contribution in [1.82, 2.24) is 20.1 Å². The Labute approximate surface area is 194 Å². The number of urea groups is 1. The zero-order chi connectivity index (χ0) is 25.4. The van der Waals surface area contributed by atoms with Crippen LogP contribution in [-0.2, 0) is 15.8 Å². The van der Waals surface area contributed by atoms with E-state index < -0.39 is 41.8 Å². The fourth-order valence-corrected chi connectivity index (χ4v) is 3.87. The van der Waals surface area contributed by atoms with E-state index in [4.69, 9.17) is 5.41 Å². The number of carbonyl (C=O) groups is 3. The van der Waals surface area contributed by atoms with Crippen molar-refractivity contribution in [1.29, 1.82) is 5.41 Å². The Bertz CT molecular complexity index is 1200. The minimum absolute atomic E-state index is 0.00766. The van der Waals surface area contributed by atoms with Crippen LogP contribution in [0.15, 0.2) is 34.8 Å². The average Bonchev–Trinajstić information content (AvgIpc) is 3.23. The third-order valence-corrected chi connectivity index (χ3v) is 5.69. The molecule has 1 fully saturated rings. The van der Waals surface area contributed by atoms with E-state index in [1.165, 1.54) is 26.5 Å². The number of alkyl halides is 3. The normalized spacial score (nSPS) is 16.1. The number of halogens is 4. The molecule has 1 aromatic heterocycles. The Hall–Kier alpha value is -3.81. The molecule has 2 aromatic rings. The highest BCUT2D eigenvalue weighted by molar-refractivity contribution is 7.14. The molecular formula is C20H18F4N6O3S. The molecule has 14 heteroatoms. The van der Waals surface area contributed by atoms with Gasteiger partial charge in [0.25, 0.3) is 5.91 Å². The Morgan fingerprint density at radius 2 is 1.88 bits per heavy atom. The van der Waals surface area contributed by atoms with Crippen LogP contribution in [0, 0.1) is 11.2 Å². The fourth-order valence-electron chi connectivity index (χ4n) is 3.15. The summed E-state index contributed by atoms with van der Waals surface area (Å²) in [5.41, 5.74) is -2.00. The molecule has 0 atom stereocenters. The fraction of sp³-hybridized carbons (Fsp3) is 0.250. The number of nitrogens with zero attached hydrogens (tertiary/aromatic N) is 3. The van der Waals surface area contributed by atoms with Crippen LogP contribution in [0.3, 0.4) is 0 Å². The Balaban J connectivity index is 1.82. The molecule has 0 bridgehead atoms. The van der Waals surface area contributed by atoms with Crippen LogP contribution in [0.4, 0.5) is 27.5 Å². The van der Waals surface area contributed by atoms with Crippen molar-refractivity contribution in [3.8, 4) is 11.3 Å². The number of thiazole rings is 1. The van der Waals surface area contributed by atoms with Gasteiger partial charge in [-0.05, 0) is 12.1 Å². The highest BCUT2D eigenvalue weighted by atomic mass is 32.1. The highest BCUT2D eigenvalue weighted by Crippen LogP contribution is 2.36. The quantitative estimate of drug-likeness (QED) is 0.432. The summed E-state index contributed by atoms with van der Waals surface area (Å²) < 4.78 is 53.3. The lowest BCUT2D eigenvalue weighted by Gasteiger charge is -2.32. The van der Waals surface area contributed by atoms with Gasteiger partial charge in [-0.2, -0.15) is 13.2 Å². The molecule has 9 nitrogen and oxygen atoms in total. The van der Waals surface area contributed by atoms with Gasteiger partial charge in [0.1, 0.15) is 17.2 Å². The molecule has 0 saturated carbocycles. The Morgan fingerprint density at radius 1 is 1.21 bits per heavy atom. The maximum Gasteiger partial charge on any atom is 0.419 e. The van der Waals surface area contributed by atoms with Crippen molar-refractivity contribution in [2.24, 2.45) is 0 Å². The molecule has 0 radical (unpaired) electrons. The van der Waals surface area contributed by atoms with E-state index in [1.807, 2.05) is 0 Å². The van der Waals surface area contributed by atoms with Gasteiger partial charge in [0.2, 0.25) is 5.91 Å². The zero-order valence-corrected chi connectivity index (χ0v) is 18.8. The molecule has 0 unspecified atom stereocenters. The summed E-state index contributed by atoms with van der Waals surface area (Å²) in [5, 5.41) is 14.5. The number of hydrogen-bond donors (Lipinski definition) is 3. The maximum absolute atomic E-state index is 14.4. The van der Waals surface area contributed by atoms with Crippen molar-refractivity contribution in [2.75, 3.05) is 26.5 Å². The molecule has 3 N–H and O–H groups in total. The first kappa shape index (κ1) is 24.8. The minimum Gasteiger partial charge on any atom is -0.390 e. The first-order chi connectivity index (χ1) is 15.9. The van der Waals surface area contributed by atoms with Gasteiger partial charge in [-0.1, -0.05) is 6.07 Å². The van der Waals surface area contributed by atoms with Crippen LogP contribution in [-0.4, -0.2) is 59.6 Å². The number of imide groups is 1. The summed E-state index contributed by atoms with van der Waals surface area (Å²) in [7, 11) is 3.99. The number of amides is 4. The molecule has 4 amide bonds. The summed E-state index contributed by atoms with van der Waals surface area (Å²) in [4.78, 5) is 42.7. The molecule has 2 heterocycles. The molecule has 0 aliphatic carbocycles. The van der Waals surface area contributed by atoms with Crippen LogP contribution < -0.4 is 10.6 Å². The molecule has 1 aromatic carbocycles. The lowest BCUT2D eigenvalue weighted by molar-refractivity contribution is -0.140. The summed E-state index contributed by atoms with van der Waals surface area (Å²) >= 11 is 0.869. The van der Waals surface area contributed by atoms with E-state index in [9.17, 15) is 31.9 Å². The second kappa shape index (κ2) is 9.21. The molecule has 0 spiro atoms. The summed E-state index contributed by atoms with van der Waals surface area (Å²) in [6, 6.07) is 2.12. The maximum atomic E-state index is 14.4. The predicted octanol–water partition coefficient (Wildman–Crippen LogP) is 3.27. The monoisotopic (exact) mass is 498 g/mol. The smallest absolute Gasteiger partial charge is 0.390 e. The van der Waals surface area contributed by atoms with Gasteiger partial charge in [0, 0.05) is 37.8 Å². The van der Waals surface area contributed by atoms with Crippen molar-refractivity contribution in [3.63, 3.8) is 0 Å². The number of nitrogens with one attached hydrogen (secondary N) is 3. The standard InChI is InChI=1S/C20H18F4N6O3S/c1-26-11(14-16(25)29(2)19(33)30(3)17(14)32)7-13(31)28-18-27-12(8-34-18)9-5-4-6-10(15(9)21)20(22,23)24/h4-6,8,25-26H,7H2,1-3H3,(H,27,28,31)/b14-11+,25-16?. The third kappa shape index (κ3) is 4.62. The van der Waals surface area contributed by atoms with Gasteiger partial charge >= 0.3 is 12.2 Å². The topological polar surface area (TPSA) is 118 Å². The Morgan fingerprint density at radius 3 is 2.50 bits per heavy atom.